The highest BCUT2D eigenvalue weighted by atomic mass is 35.5. The first-order valence-corrected chi connectivity index (χ1v) is 4.81. The van der Waals surface area contributed by atoms with Gasteiger partial charge in [0, 0.05) is 12.3 Å². The molecule has 0 spiro atoms. The molecule has 0 aliphatic heterocycles. The molecule has 0 aliphatic rings. The maximum absolute atomic E-state index is 13.5. The van der Waals surface area contributed by atoms with Crippen LogP contribution in [0.1, 0.15) is 5.69 Å². The van der Waals surface area contributed by atoms with Crippen LogP contribution >= 0.6 is 11.6 Å². The topological polar surface area (TPSA) is 58.9 Å². The minimum Gasteiger partial charge on any atom is -0.390 e. The molecule has 0 amide bonds. The first kappa shape index (κ1) is 10.9. The Morgan fingerprint density at radius 1 is 1.19 bits per heavy atom. The van der Waals surface area contributed by atoms with E-state index in [1.807, 2.05) is 0 Å². The molecular weight excluding hydrogens is 233 g/mol. The lowest BCUT2D eigenvalue weighted by Gasteiger charge is -2.02. The number of aliphatic hydroxyl groups excluding tert-OH is 1. The normalized spacial score (nSPS) is 10.4. The molecule has 0 radical (unpaired) electrons. The number of nitrogens with zero attached hydrogens (tertiary/aromatic N) is 3. The second-order valence-electron chi connectivity index (χ2n) is 3.04. The van der Waals surface area contributed by atoms with Crippen LogP contribution in [0.5, 0.6) is 0 Å². The van der Waals surface area contributed by atoms with E-state index < -0.39 is 5.82 Å². The molecule has 0 aromatic carbocycles. The van der Waals surface area contributed by atoms with Crippen LogP contribution in [-0.4, -0.2) is 20.1 Å². The van der Waals surface area contributed by atoms with Gasteiger partial charge in [0.25, 0.3) is 0 Å². The van der Waals surface area contributed by atoms with Crippen molar-refractivity contribution >= 4 is 11.6 Å². The molecule has 0 unspecified atom stereocenters. The molecule has 0 fully saturated rings. The number of aliphatic hydroxyl groups is 1. The molecule has 6 heteroatoms. The lowest BCUT2D eigenvalue weighted by atomic mass is 10.2. The van der Waals surface area contributed by atoms with Crippen LogP contribution in [0, 0.1) is 5.82 Å². The van der Waals surface area contributed by atoms with Crippen molar-refractivity contribution in [2.24, 2.45) is 0 Å². The molecule has 2 aromatic heterocycles. The minimum atomic E-state index is -0.508. The summed E-state index contributed by atoms with van der Waals surface area (Å²) in [6.45, 7) is -0.200. The maximum atomic E-state index is 13.5. The second-order valence-corrected chi connectivity index (χ2v) is 3.43. The van der Waals surface area contributed by atoms with Crippen LogP contribution in [0.25, 0.3) is 11.3 Å². The van der Waals surface area contributed by atoms with Crippen LogP contribution in [0.2, 0.25) is 5.15 Å². The number of hydrogen-bond acceptors (Lipinski definition) is 4. The molecule has 16 heavy (non-hydrogen) atoms. The van der Waals surface area contributed by atoms with Gasteiger partial charge in [-0.25, -0.2) is 9.37 Å². The highest BCUT2D eigenvalue weighted by Crippen LogP contribution is 2.20. The van der Waals surface area contributed by atoms with Crippen molar-refractivity contribution in [1.82, 2.24) is 15.0 Å². The van der Waals surface area contributed by atoms with Gasteiger partial charge < -0.3 is 5.11 Å². The van der Waals surface area contributed by atoms with Gasteiger partial charge in [-0.15, -0.1) is 0 Å². The largest absolute Gasteiger partial charge is 0.390 e. The van der Waals surface area contributed by atoms with Crippen molar-refractivity contribution in [3.63, 3.8) is 0 Å². The van der Waals surface area contributed by atoms with Crippen molar-refractivity contribution in [3.8, 4) is 11.3 Å². The van der Waals surface area contributed by atoms with E-state index in [9.17, 15) is 4.39 Å². The van der Waals surface area contributed by atoms with Gasteiger partial charge in [0.2, 0.25) is 0 Å². The molecule has 1 N–H and O–H groups in total. The van der Waals surface area contributed by atoms with Crippen molar-refractivity contribution in [3.05, 3.63) is 41.3 Å². The van der Waals surface area contributed by atoms with Gasteiger partial charge in [-0.05, 0) is 0 Å². The summed E-state index contributed by atoms with van der Waals surface area (Å²) >= 11 is 5.53. The zero-order valence-corrected chi connectivity index (χ0v) is 8.82. The Kier molecular flexibility index (Phi) is 3.07. The van der Waals surface area contributed by atoms with E-state index in [-0.39, 0.29) is 17.3 Å². The summed E-state index contributed by atoms with van der Waals surface area (Å²) in [5, 5.41) is 8.87. The fourth-order valence-corrected chi connectivity index (χ4v) is 1.32. The first-order chi connectivity index (χ1) is 7.70. The summed E-state index contributed by atoms with van der Waals surface area (Å²) in [5.41, 5.74) is 0.992. The second kappa shape index (κ2) is 4.51. The van der Waals surface area contributed by atoms with E-state index in [1.165, 1.54) is 18.6 Å². The zero-order chi connectivity index (χ0) is 11.5. The smallest absolute Gasteiger partial charge is 0.137 e. The Labute approximate surface area is 95.8 Å². The SMILES string of the molecule is OCc1cnc(-c2cnc(Cl)cc2F)cn1. The van der Waals surface area contributed by atoms with E-state index in [0.29, 0.717) is 11.4 Å². The van der Waals surface area contributed by atoms with E-state index in [4.69, 9.17) is 16.7 Å². The van der Waals surface area contributed by atoms with Crippen LogP contribution < -0.4 is 0 Å². The van der Waals surface area contributed by atoms with Crippen molar-refractivity contribution in [2.45, 2.75) is 6.61 Å². The van der Waals surface area contributed by atoms with Gasteiger partial charge in [0.05, 0.1) is 36.0 Å². The summed E-state index contributed by atoms with van der Waals surface area (Å²) in [5.74, 6) is -0.508. The number of pyridine rings is 1. The molecule has 0 saturated heterocycles. The molecule has 0 aliphatic carbocycles. The fourth-order valence-electron chi connectivity index (χ4n) is 1.17. The summed E-state index contributed by atoms with van der Waals surface area (Å²) in [7, 11) is 0. The van der Waals surface area contributed by atoms with Crippen LogP contribution in [0.15, 0.2) is 24.7 Å². The quantitative estimate of drug-likeness (QED) is 0.813. The summed E-state index contributed by atoms with van der Waals surface area (Å²) in [6, 6.07) is 1.11. The molecule has 4 nitrogen and oxygen atoms in total. The number of aromatic nitrogens is 3. The van der Waals surface area contributed by atoms with E-state index in [2.05, 4.69) is 15.0 Å². The first-order valence-electron chi connectivity index (χ1n) is 4.44. The Morgan fingerprint density at radius 2 is 2.00 bits per heavy atom. The maximum Gasteiger partial charge on any atom is 0.137 e. The Bertz CT molecular complexity index is 504. The summed E-state index contributed by atoms with van der Waals surface area (Å²) < 4.78 is 13.5. The third-order valence-electron chi connectivity index (χ3n) is 1.96. The molecule has 2 rings (SSSR count). The van der Waals surface area contributed by atoms with E-state index in [0.717, 1.165) is 6.07 Å². The molecule has 0 bridgehead atoms. The van der Waals surface area contributed by atoms with Gasteiger partial charge in [-0.1, -0.05) is 11.6 Å². The molecule has 2 heterocycles. The Balaban J connectivity index is 2.42. The Hall–Kier alpha value is -1.59. The van der Waals surface area contributed by atoms with Gasteiger partial charge in [-0.2, -0.15) is 0 Å². The van der Waals surface area contributed by atoms with Gasteiger partial charge in [0.1, 0.15) is 11.0 Å². The molecule has 2 aromatic rings. The third-order valence-corrected chi connectivity index (χ3v) is 2.17. The summed E-state index contributed by atoms with van der Waals surface area (Å²) in [4.78, 5) is 11.6. The average molecular weight is 240 g/mol. The molecular formula is C10H7ClFN3O. The Morgan fingerprint density at radius 3 is 2.56 bits per heavy atom. The standard InChI is InChI=1S/C10H7ClFN3O/c11-10-1-8(12)7(3-15-10)9-4-13-6(5-16)2-14-9/h1-4,16H,5H2. The molecule has 0 atom stereocenters. The zero-order valence-electron chi connectivity index (χ0n) is 8.06. The highest BCUT2D eigenvalue weighted by Gasteiger charge is 2.08. The van der Waals surface area contributed by atoms with Crippen LogP contribution in [0.4, 0.5) is 4.39 Å². The monoisotopic (exact) mass is 239 g/mol. The van der Waals surface area contributed by atoms with Crippen LogP contribution in [0.3, 0.4) is 0 Å². The van der Waals surface area contributed by atoms with Crippen LogP contribution in [-0.2, 0) is 6.61 Å². The van der Waals surface area contributed by atoms with Gasteiger partial charge in [-0.3, -0.25) is 9.97 Å². The predicted octanol–water partition coefficient (Wildman–Crippen LogP) is 1.82. The lowest BCUT2D eigenvalue weighted by molar-refractivity contribution is 0.276. The van der Waals surface area contributed by atoms with Crippen molar-refractivity contribution < 1.29 is 9.50 Å². The third kappa shape index (κ3) is 2.15. The fraction of sp³-hybridized carbons (Fsp3) is 0.100. The highest BCUT2D eigenvalue weighted by molar-refractivity contribution is 6.29. The molecule has 82 valence electrons. The number of hydrogen-bond donors (Lipinski definition) is 1. The predicted molar refractivity (Wildman–Crippen MR) is 56.2 cm³/mol. The molecule has 0 saturated carbocycles. The lowest BCUT2D eigenvalue weighted by Crippen LogP contribution is -1.94. The summed E-state index contributed by atoms with van der Waals surface area (Å²) in [6.07, 6.45) is 4.04. The van der Waals surface area contributed by atoms with E-state index in [1.54, 1.807) is 0 Å². The van der Waals surface area contributed by atoms with E-state index >= 15 is 0 Å². The minimum absolute atomic E-state index is 0.0844. The van der Waals surface area contributed by atoms with Crippen molar-refractivity contribution in [1.29, 1.82) is 0 Å². The van der Waals surface area contributed by atoms with Gasteiger partial charge in [0.15, 0.2) is 0 Å². The van der Waals surface area contributed by atoms with Gasteiger partial charge >= 0.3 is 0 Å². The average Bonchev–Trinajstić information content (AvgIpc) is 2.29. The van der Waals surface area contributed by atoms with Crippen molar-refractivity contribution in [2.75, 3.05) is 0 Å². The number of halogens is 2. The number of rotatable bonds is 2.